The molecule has 24 heavy (non-hydrogen) atoms. The molecule has 2 heterocycles. The van der Waals surface area contributed by atoms with Crippen LogP contribution < -0.4 is 5.32 Å². The zero-order valence-electron chi connectivity index (χ0n) is 13.0. The quantitative estimate of drug-likeness (QED) is 0.888. The van der Waals surface area contributed by atoms with Gasteiger partial charge in [0, 0.05) is 23.5 Å². The molecule has 2 aromatic rings. The molecule has 2 amide bonds. The Morgan fingerprint density at radius 3 is 2.88 bits per heavy atom. The van der Waals surface area contributed by atoms with Crippen molar-refractivity contribution in [2.24, 2.45) is 0 Å². The first kappa shape index (κ1) is 16.9. The van der Waals surface area contributed by atoms with Gasteiger partial charge < -0.3 is 10.2 Å². The Labute approximate surface area is 148 Å². The smallest absolute Gasteiger partial charge is 0.231 e. The molecule has 4 nitrogen and oxygen atoms in total. The Kier molecular flexibility index (Phi) is 4.87. The number of anilines is 1. The number of hydrogen-bond acceptors (Lipinski definition) is 3. The summed E-state index contributed by atoms with van der Waals surface area (Å²) in [7, 11) is 0. The molecule has 0 spiro atoms. The van der Waals surface area contributed by atoms with Gasteiger partial charge in [-0.15, -0.1) is 11.3 Å². The number of hydrogen-bond donors (Lipinski definition) is 1. The number of thiophene rings is 1. The average molecular weight is 367 g/mol. The highest BCUT2D eigenvalue weighted by molar-refractivity contribution is 7.16. The van der Waals surface area contributed by atoms with Crippen molar-refractivity contribution in [3.63, 3.8) is 0 Å². The lowest BCUT2D eigenvalue weighted by Crippen LogP contribution is -2.38. The third-order valence-electron chi connectivity index (χ3n) is 4.02. The van der Waals surface area contributed by atoms with Gasteiger partial charge in [-0.05, 0) is 36.8 Å². The first-order chi connectivity index (χ1) is 11.5. The predicted octanol–water partition coefficient (Wildman–Crippen LogP) is 4.02. The van der Waals surface area contributed by atoms with Gasteiger partial charge in [-0.25, -0.2) is 4.39 Å². The van der Waals surface area contributed by atoms with Crippen LogP contribution in [-0.4, -0.2) is 23.3 Å². The number of carbonyl (C=O) groups excluding carboxylic acids is 2. The van der Waals surface area contributed by atoms with E-state index in [1.807, 2.05) is 13.0 Å². The number of likely N-dealkylation sites (N-methyl/N-ethyl adjacent to an activating group) is 1. The Hall–Kier alpha value is -1.92. The van der Waals surface area contributed by atoms with Gasteiger partial charge in [0.15, 0.2) is 0 Å². The zero-order valence-corrected chi connectivity index (χ0v) is 14.6. The molecule has 0 unspecified atom stereocenters. The van der Waals surface area contributed by atoms with E-state index in [0.717, 1.165) is 4.88 Å². The fourth-order valence-electron chi connectivity index (χ4n) is 2.85. The van der Waals surface area contributed by atoms with Crippen LogP contribution in [-0.2, 0) is 16.1 Å². The number of fused-ring (bicyclic) bond motifs is 1. The summed E-state index contributed by atoms with van der Waals surface area (Å²) in [5, 5.41) is 2.63. The molecule has 126 valence electrons. The maximum absolute atomic E-state index is 13.4. The molecule has 0 aliphatic carbocycles. The second kappa shape index (κ2) is 6.91. The van der Waals surface area contributed by atoms with Crippen molar-refractivity contribution in [2.45, 2.75) is 25.8 Å². The van der Waals surface area contributed by atoms with E-state index in [1.54, 1.807) is 17.0 Å². The lowest BCUT2D eigenvalue weighted by molar-refractivity contribution is -0.135. The normalized spacial score (nSPS) is 16.5. The number of benzene rings is 1. The van der Waals surface area contributed by atoms with Gasteiger partial charge in [0.2, 0.25) is 11.8 Å². The minimum absolute atomic E-state index is 0.0686. The zero-order chi connectivity index (χ0) is 17.3. The SMILES string of the molecule is CCN(Cc1ccc(Cl)s1)C(=O)[C@@H]1CC(=O)Nc2cc(F)ccc21. The molecule has 1 N–H and O–H groups in total. The second-order valence-corrected chi connectivity index (χ2v) is 7.39. The number of amides is 2. The summed E-state index contributed by atoms with van der Waals surface area (Å²) < 4.78 is 14.1. The van der Waals surface area contributed by atoms with E-state index in [4.69, 9.17) is 11.6 Å². The maximum Gasteiger partial charge on any atom is 0.231 e. The van der Waals surface area contributed by atoms with E-state index >= 15 is 0 Å². The largest absolute Gasteiger partial charge is 0.337 e. The third-order valence-corrected chi connectivity index (χ3v) is 5.24. The number of nitrogens with zero attached hydrogens (tertiary/aromatic N) is 1. The third kappa shape index (κ3) is 3.44. The van der Waals surface area contributed by atoms with Crippen molar-refractivity contribution in [3.05, 3.63) is 50.9 Å². The highest BCUT2D eigenvalue weighted by Crippen LogP contribution is 2.34. The van der Waals surface area contributed by atoms with Crippen LogP contribution >= 0.6 is 22.9 Å². The van der Waals surface area contributed by atoms with Crippen LogP contribution in [0.4, 0.5) is 10.1 Å². The van der Waals surface area contributed by atoms with Gasteiger partial charge in [-0.1, -0.05) is 17.7 Å². The summed E-state index contributed by atoms with van der Waals surface area (Å²) in [6.07, 6.45) is 0.0686. The van der Waals surface area contributed by atoms with E-state index < -0.39 is 11.7 Å². The van der Waals surface area contributed by atoms with Crippen LogP contribution in [0.25, 0.3) is 0 Å². The molecule has 3 rings (SSSR count). The van der Waals surface area contributed by atoms with Gasteiger partial charge in [0.1, 0.15) is 5.82 Å². The Morgan fingerprint density at radius 1 is 1.42 bits per heavy atom. The van der Waals surface area contributed by atoms with E-state index in [-0.39, 0.29) is 18.2 Å². The first-order valence-electron chi connectivity index (χ1n) is 7.60. The Balaban J connectivity index is 1.86. The first-order valence-corrected chi connectivity index (χ1v) is 8.79. The second-order valence-electron chi connectivity index (χ2n) is 5.59. The molecule has 1 aliphatic heterocycles. The number of halogens is 2. The topological polar surface area (TPSA) is 49.4 Å². The van der Waals surface area contributed by atoms with E-state index in [0.29, 0.717) is 28.7 Å². The van der Waals surface area contributed by atoms with Gasteiger partial charge in [0.25, 0.3) is 0 Å². The summed E-state index contributed by atoms with van der Waals surface area (Å²) in [4.78, 5) is 27.5. The van der Waals surface area contributed by atoms with Gasteiger partial charge in [-0.3, -0.25) is 9.59 Å². The average Bonchev–Trinajstić information content (AvgIpc) is 2.95. The summed E-state index contributed by atoms with van der Waals surface area (Å²) >= 11 is 7.37. The molecule has 1 atom stereocenters. The fraction of sp³-hybridized carbons (Fsp3) is 0.294. The molecule has 0 saturated heterocycles. The lowest BCUT2D eigenvalue weighted by Gasteiger charge is -2.30. The van der Waals surface area contributed by atoms with Crippen LogP contribution in [0.1, 0.15) is 29.7 Å². The van der Waals surface area contributed by atoms with E-state index in [1.165, 1.54) is 23.5 Å². The molecule has 0 radical (unpaired) electrons. The Bertz CT molecular complexity index is 793. The van der Waals surface area contributed by atoms with Gasteiger partial charge in [0.05, 0.1) is 16.8 Å². The summed E-state index contributed by atoms with van der Waals surface area (Å²) in [6.45, 7) is 2.85. The Morgan fingerprint density at radius 2 is 2.21 bits per heavy atom. The van der Waals surface area contributed by atoms with Crippen LogP contribution in [0.3, 0.4) is 0 Å². The molecule has 0 bridgehead atoms. The van der Waals surface area contributed by atoms with Gasteiger partial charge in [-0.2, -0.15) is 0 Å². The summed E-state index contributed by atoms with van der Waals surface area (Å²) in [5.41, 5.74) is 1.03. The molecular weight excluding hydrogens is 351 g/mol. The molecule has 7 heteroatoms. The van der Waals surface area contributed by atoms with Crippen molar-refractivity contribution in [2.75, 3.05) is 11.9 Å². The van der Waals surface area contributed by atoms with Crippen LogP contribution in [0.15, 0.2) is 30.3 Å². The number of rotatable bonds is 4. The van der Waals surface area contributed by atoms with Crippen molar-refractivity contribution >= 4 is 40.4 Å². The van der Waals surface area contributed by atoms with Crippen LogP contribution in [0.2, 0.25) is 4.34 Å². The monoisotopic (exact) mass is 366 g/mol. The van der Waals surface area contributed by atoms with Crippen molar-refractivity contribution in [3.8, 4) is 0 Å². The molecule has 0 fully saturated rings. The highest BCUT2D eigenvalue weighted by atomic mass is 35.5. The van der Waals surface area contributed by atoms with Crippen molar-refractivity contribution in [1.82, 2.24) is 4.90 Å². The van der Waals surface area contributed by atoms with Crippen molar-refractivity contribution < 1.29 is 14.0 Å². The standard InChI is InChI=1S/C17H16ClFN2O2S/c1-2-21(9-11-4-6-15(18)24-11)17(23)13-8-16(22)20-14-7-10(19)3-5-12(13)14/h3-7,13H,2,8-9H2,1H3,(H,20,22)/t13-/m1/s1. The molecular formula is C17H16ClFN2O2S. The summed E-state index contributed by atoms with van der Waals surface area (Å²) in [5.74, 6) is -1.45. The molecule has 0 saturated carbocycles. The summed E-state index contributed by atoms with van der Waals surface area (Å²) in [6, 6.07) is 7.82. The number of carbonyl (C=O) groups is 2. The minimum atomic E-state index is -0.593. The van der Waals surface area contributed by atoms with Crippen LogP contribution in [0, 0.1) is 5.82 Å². The fourth-order valence-corrected chi connectivity index (χ4v) is 3.95. The minimum Gasteiger partial charge on any atom is -0.337 e. The van der Waals surface area contributed by atoms with Crippen molar-refractivity contribution in [1.29, 1.82) is 0 Å². The molecule has 1 aromatic heterocycles. The lowest BCUT2D eigenvalue weighted by atomic mass is 9.89. The maximum atomic E-state index is 13.4. The highest BCUT2D eigenvalue weighted by Gasteiger charge is 2.33. The number of nitrogens with one attached hydrogen (secondary N) is 1. The van der Waals surface area contributed by atoms with Gasteiger partial charge >= 0.3 is 0 Å². The predicted molar refractivity (Wildman–Crippen MR) is 92.8 cm³/mol. The van der Waals surface area contributed by atoms with Crippen LogP contribution in [0.5, 0.6) is 0 Å². The molecule has 1 aromatic carbocycles. The van der Waals surface area contributed by atoms with E-state index in [2.05, 4.69) is 5.32 Å². The molecule has 1 aliphatic rings. The van der Waals surface area contributed by atoms with E-state index in [9.17, 15) is 14.0 Å².